The Hall–Kier alpha value is -1.04. The van der Waals surface area contributed by atoms with E-state index in [0.29, 0.717) is 0 Å². The first kappa shape index (κ1) is 13.0. The zero-order valence-electron chi connectivity index (χ0n) is 8.79. The number of hydrogen-bond donors (Lipinski definition) is 4. The summed E-state index contributed by atoms with van der Waals surface area (Å²) in [5.74, 6) is -1.06. The van der Waals surface area contributed by atoms with Gasteiger partial charge in [0.1, 0.15) is 6.10 Å². The number of aryl methyl sites for hydroxylation is 1. The Kier molecular flexibility index (Phi) is 4.35. The lowest BCUT2D eigenvalue weighted by molar-refractivity contribution is 0.0322. The van der Waals surface area contributed by atoms with E-state index in [9.17, 15) is 15.0 Å². The van der Waals surface area contributed by atoms with Gasteiger partial charge in [-0.3, -0.25) is 0 Å². The minimum absolute atomic E-state index is 0.000988. The molecule has 0 aromatic heterocycles. The minimum atomic E-state index is -1.23. The molecule has 0 heterocycles. The van der Waals surface area contributed by atoms with Crippen LogP contribution in [0.3, 0.4) is 0 Å². The van der Waals surface area contributed by atoms with Gasteiger partial charge in [0, 0.05) is 5.75 Å². The summed E-state index contributed by atoms with van der Waals surface area (Å²) >= 11 is 3.86. The van der Waals surface area contributed by atoms with Gasteiger partial charge in [-0.05, 0) is 18.6 Å². The molecule has 0 saturated heterocycles. The molecular weight excluding hydrogens is 228 g/mol. The van der Waals surface area contributed by atoms with Crippen LogP contribution in [-0.4, -0.2) is 33.1 Å². The van der Waals surface area contributed by atoms with E-state index in [0.717, 1.165) is 5.56 Å². The fourth-order valence-corrected chi connectivity index (χ4v) is 1.63. The predicted octanol–water partition coefficient (Wildman–Crippen LogP) is 1.02. The summed E-state index contributed by atoms with van der Waals surface area (Å²) in [4.78, 5) is 10.9. The first-order valence-electron chi connectivity index (χ1n) is 4.78. The standard InChI is InChI=1S/C11H14O4S/c1-6-2-3-7(11(14)15)8(4-6)10(13)9(12)5-16/h2-4,9-10,12-13,16H,5H2,1H3,(H,14,15). The maximum Gasteiger partial charge on any atom is 0.336 e. The number of benzene rings is 1. The Morgan fingerprint density at radius 2 is 2.06 bits per heavy atom. The van der Waals surface area contributed by atoms with E-state index in [4.69, 9.17) is 5.11 Å². The molecule has 0 aliphatic rings. The topological polar surface area (TPSA) is 77.8 Å². The van der Waals surface area contributed by atoms with Crippen molar-refractivity contribution in [1.29, 1.82) is 0 Å². The third-order valence-corrected chi connectivity index (χ3v) is 2.68. The SMILES string of the molecule is Cc1ccc(C(=O)O)c(C(O)C(O)CS)c1. The minimum Gasteiger partial charge on any atom is -0.478 e. The van der Waals surface area contributed by atoms with Gasteiger partial charge >= 0.3 is 5.97 Å². The van der Waals surface area contributed by atoms with Crippen LogP contribution in [-0.2, 0) is 0 Å². The highest BCUT2D eigenvalue weighted by molar-refractivity contribution is 7.80. The van der Waals surface area contributed by atoms with Crippen molar-refractivity contribution in [2.24, 2.45) is 0 Å². The first-order valence-corrected chi connectivity index (χ1v) is 5.41. The highest BCUT2D eigenvalue weighted by Crippen LogP contribution is 2.23. The normalized spacial score (nSPS) is 14.5. The highest BCUT2D eigenvalue weighted by Gasteiger charge is 2.22. The molecule has 1 aromatic carbocycles. The van der Waals surface area contributed by atoms with Gasteiger partial charge in [-0.25, -0.2) is 4.79 Å². The summed E-state index contributed by atoms with van der Waals surface area (Å²) in [6, 6.07) is 4.62. The van der Waals surface area contributed by atoms with Gasteiger partial charge < -0.3 is 15.3 Å². The Balaban J connectivity index is 3.19. The molecule has 16 heavy (non-hydrogen) atoms. The Labute approximate surface area is 99.0 Å². The fraction of sp³-hybridized carbons (Fsp3) is 0.364. The molecule has 1 aromatic rings. The van der Waals surface area contributed by atoms with Crippen LogP contribution in [0, 0.1) is 6.92 Å². The van der Waals surface area contributed by atoms with E-state index in [1.165, 1.54) is 6.07 Å². The number of carboxylic acid groups (broad SMARTS) is 1. The van der Waals surface area contributed by atoms with E-state index < -0.39 is 18.2 Å². The summed E-state index contributed by atoms with van der Waals surface area (Å²) in [6.45, 7) is 1.79. The average Bonchev–Trinajstić information content (AvgIpc) is 2.26. The molecule has 0 amide bonds. The summed E-state index contributed by atoms with van der Waals surface area (Å²) in [6.07, 6.45) is -2.31. The number of carbonyl (C=O) groups is 1. The molecule has 88 valence electrons. The molecule has 2 atom stereocenters. The van der Waals surface area contributed by atoms with Gasteiger partial charge in [0.15, 0.2) is 0 Å². The molecule has 0 aliphatic carbocycles. The number of carboxylic acids is 1. The Morgan fingerprint density at radius 3 is 2.56 bits per heavy atom. The Bertz CT molecular complexity index is 392. The Morgan fingerprint density at radius 1 is 1.44 bits per heavy atom. The van der Waals surface area contributed by atoms with Gasteiger partial charge in [-0.1, -0.05) is 17.7 Å². The number of aliphatic hydroxyl groups excluding tert-OH is 2. The smallest absolute Gasteiger partial charge is 0.336 e. The zero-order valence-corrected chi connectivity index (χ0v) is 9.69. The van der Waals surface area contributed by atoms with E-state index in [-0.39, 0.29) is 16.9 Å². The number of aliphatic hydroxyl groups is 2. The molecule has 1 rings (SSSR count). The molecule has 0 saturated carbocycles. The van der Waals surface area contributed by atoms with Crippen LogP contribution in [0.5, 0.6) is 0 Å². The third kappa shape index (κ3) is 2.75. The summed E-state index contributed by atoms with van der Waals surface area (Å²) in [5, 5.41) is 28.2. The highest BCUT2D eigenvalue weighted by atomic mass is 32.1. The second kappa shape index (κ2) is 5.34. The zero-order chi connectivity index (χ0) is 12.3. The molecular formula is C11H14O4S. The maximum absolute atomic E-state index is 10.9. The number of hydrogen-bond acceptors (Lipinski definition) is 4. The van der Waals surface area contributed by atoms with Crippen molar-refractivity contribution in [3.8, 4) is 0 Å². The van der Waals surface area contributed by atoms with Crippen LogP contribution >= 0.6 is 12.6 Å². The number of rotatable bonds is 4. The lowest BCUT2D eigenvalue weighted by Gasteiger charge is -2.18. The van der Waals surface area contributed by atoms with E-state index in [1.54, 1.807) is 19.1 Å². The van der Waals surface area contributed by atoms with Crippen LogP contribution in [0.1, 0.15) is 27.6 Å². The first-order chi connectivity index (χ1) is 7.47. The van der Waals surface area contributed by atoms with Crippen molar-refractivity contribution < 1.29 is 20.1 Å². The molecule has 0 radical (unpaired) electrons. The van der Waals surface area contributed by atoms with Crippen molar-refractivity contribution in [3.63, 3.8) is 0 Å². The van der Waals surface area contributed by atoms with Gasteiger partial charge in [-0.15, -0.1) is 0 Å². The fourth-order valence-electron chi connectivity index (χ4n) is 1.43. The van der Waals surface area contributed by atoms with Crippen LogP contribution in [0.4, 0.5) is 0 Å². The van der Waals surface area contributed by atoms with Crippen molar-refractivity contribution in [2.75, 3.05) is 5.75 Å². The second-order valence-electron chi connectivity index (χ2n) is 3.59. The lowest BCUT2D eigenvalue weighted by atomic mass is 9.97. The largest absolute Gasteiger partial charge is 0.478 e. The molecule has 4 nitrogen and oxygen atoms in total. The van der Waals surface area contributed by atoms with Gasteiger partial charge in [-0.2, -0.15) is 12.6 Å². The van der Waals surface area contributed by atoms with Gasteiger partial charge in [0.05, 0.1) is 11.7 Å². The predicted molar refractivity (Wildman–Crippen MR) is 63.0 cm³/mol. The number of thiol groups is 1. The quantitative estimate of drug-likeness (QED) is 0.594. The van der Waals surface area contributed by atoms with Crippen LogP contribution < -0.4 is 0 Å². The molecule has 0 fully saturated rings. The average molecular weight is 242 g/mol. The van der Waals surface area contributed by atoms with E-state index in [1.807, 2.05) is 0 Å². The lowest BCUT2D eigenvalue weighted by Crippen LogP contribution is -2.22. The van der Waals surface area contributed by atoms with Crippen LogP contribution in [0.2, 0.25) is 0 Å². The van der Waals surface area contributed by atoms with Crippen molar-refractivity contribution in [2.45, 2.75) is 19.1 Å². The molecule has 5 heteroatoms. The van der Waals surface area contributed by atoms with Gasteiger partial charge in [0.2, 0.25) is 0 Å². The van der Waals surface area contributed by atoms with Crippen LogP contribution in [0.25, 0.3) is 0 Å². The van der Waals surface area contributed by atoms with E-state index in [2.05, 4.69) is 12.6 Å². The molecule has 3 N–H and O–H groups in total. The molecule has 0 bridgehead atoms. The molecule has 0 spiro atoms. The monoisotopic (exact) mass is 242 g/mol. The van der Waals surface area contributed by atoms with Crippen molar-refractivity contribution in [1.82, 2.24) is 0 Å². The van der Waals surface area contributed by atoms with Crippen molar-refractivity contribution in [3.05, 3.63) is 34.9 Å². The van der Waals surface area contributed by atoms with Crippen LogP contribution in [0.15, 0.2) is 18.2 Å². The van der Waals surface area contributed by atoms with Crippen molar-refractivity contribution >= 4 is 18.6 Å². The molecule has 0 aliphatic heterocycles. The summed E-state index contributed by atoms with van der Waals surface area (Å²) in [5.41, 5.74) is 1.04. The van der Waals surface area contributed by atoms with Gasteiger partial charge in [0.25, 0.3) is 0 Å². The van der Waals surface area contributed by atoms with E-state index >= 15 is 0 Å². The second-order valence-corrected chi connectivity index (χ2v) is 3.96. The summed E-state index contributed by atoms with van der Waals surface area (Å²) < 4.78 is 0. The summed E-state index contributed by atoms with van der Waals surface area (Å²) in [7, 11) is 0. The third-order valence-electron chi connectivity index (χ3n) is 2.31. The molecule has 2 unspecified atom stereocenters. The number of aromatic carboxylic acids is 1. The maximum atomic E-state index is 10.9.